The maximum absolute atomic E-state index is 10.2. The van der Waals surface area contributed by atoms with Crippen molar-refractivity contribution in [2.24, 2.45) is 10.2 Å². The van der Waals surface area contributed by atoms with Crippen LogP contribution in [0.15, 0.2) is 34.5 Å². The Morgan fingerprint density at radius 3 is 1.76 bits per heavy atom. The first-order valence-electron chi connectivity index (χ1n) is 6.30. The summed E-state index contributed by atoms with van der Waals surface area (Å²) in [5, 5.41) is 37.2. The number of nitrogens with one attached hydrogen (secondary N) is 1. The SMILES string of the molecule is N#C/C(N=N)=N\N(c1cc(Cl)cc(Cl)c1O)c1cc(Cl)cc(Cl)c1O. The van der Waals surface area contributed by atoms with Gasteiger partial charge < -0.3 is 10.2 Å². The molecule has 25 heavy (non-hydrogen) atoms. The number of halogens is 4. The largest absolute Gasteiger partial charge is 0.504 e. The van der Waals surface area contributed by atoms with Crippen LogP contribution >= 0.6 is 46.4 Å². The lowest BCUT2D eigenvalue weighted by atomic mass is 10.2. The molecule has 128 valence electrons. The van der Waals surface area contributed by atoms with Gasteiger partial charge in [-0.1, -0.05) is 46.4 Å². The molecule has 11 heteroatoms. The van der Waals surface area contributed by atoms with E-state index in [0.29, 0.717) is 0 Å². The monoisotopic (exact) mass is 417 g/mol. The van der Waals surface area contributed by atoms with Crippen molar-refractivity contribution < 1.29 is 10.2 Å². The molecule has 0 aliphatic heterocycles. The number of anilines is 2. The van der Waals surface area contributed by atoms with Crippen LogP contribution in [-0.2, 0) is 0 Å². The smallest absolute Gasteiger partial charge is 0.270 e. The van der Waals surface area contributed by atoms with Gasteiger partial charge in [0.1, 0.15) is 17.4 Å². The highest BCUT2D eigenvalue weighted by atomic mass is 35.5. The number of aromatic hydroxyl groups is 2. The summed E-state index contributed by atoms with van der Waals surface area (Å²) >= 11 is 23.7. The van der Waals surface area contributed by atoms with Crippen molar-refractivity contribution in [1.82, 2.24) is 0 Å². The molecule has 3 N–H and O–H groups in total. The molecule has 0 unspecified atom stereocenters. The van der Waals surface area contributed by atoms with Gasteiger partial charge in [0.2, 0.25) is 0 Å². The number of rotatable bonds is 3. The molecule has 0 aliphatic carbocycles. The van der Waals surface area contributed by atoms with Gasteiger partial charge in [-0.2, -0.15) is 5.26 Å². The average molecular weight is 419 g/mol. The maximum atomic E-state index is 10.2. The maximum Gasteiger partial charge on any atom is 0.270 e. The zero-order valence-electron chi connectivity index (χ0n) is 12.0. The molecule has 0 spiro atoms. The van der Waals surface area contributed by atoms with Crippen molar-refractivity contribution in [3.8, 4) is 17.6 Å². The molecule has 7 nitrogen and oxygen atoms in total. The van der Waals surface area contributed by atoms with Crippen molar-refractivity contribution in [1.29, 1.82) is 10.8 Å². The van der Waals surface area contributed by atoms with Crippen LogP contribution in [0.25, 0.3) is 0 Å². The van der Waals surface area contributed by atoms with E-state index in [4.69, 9.17) is 57.2 Å². The summed E-state index contributed by atoms with van der Waals surface area (Å²) < 4.78 is 0. The van der Waals surface area contributed by atoms with Crippen molar-refractivity contribution in [3.63, 3.8) is 0 Å². The van der Waals surface area contributed by atoms with E-state index in [1.807, 2.05) is 0 Å². The second kappa shape index (κ2) is 7.76. The summed E-state index contributed by atoms with van der Waals surface area (Å²) in [5.41, 5.74) is 6.78. The molecule has 0 radical (unpaired) electrons. The molecule has 2 aromatic carbocycles. The van der Waals surface area contributed by atoms with Crippen molar-refractivity contribution in [2.75, 3.05) is 5.01 Å². The number of hydrazone groups is 1. The predicted octanol–water partition coefficient (Wildman–Crippen LogP) is 5.72. The van der Waals surface area contributed by atoms with Crippen molar-refractivity contribution in [2.45, 2.75) is 0 Å². The van der Waals surface area contributed by atoms with Gasteiger partial charge in [0.05, 0.1) is 10.0 Å². The number of nitriles is 1. The molecule has 2 rings (SSSR count). The lowest BCUT2D eigenvalue weighted by Crippen LogP contribution is -2.12. The molecular weight excluding hydrogens is 412 g/mol. The molecule has 0 amide bonds. The van der Waals surface area contributed by atoms with Crippen molar-refractivity contribution in [3.05, 3.63) is 44.4 Å². The Balaban J connectivity index is 2.84. The first-order valence-corrected chi connectivity index (χ1v) is 7.82. The minimum atomic E-state index is -0.578. The van der Waals surface area contributed by atoms with E-state index in [2.05, 4.69) is 10.2 Å². The third-order valence-electron chi connectivity index (χ3n) is 2.87. The number of nitrogens with zero attached hydrogens (tertiary/aromatic N) is 4. The fourth-order valence-corrected chi connectivity index (χ4v) is 2.79. The van der Waals surface area contributed by atoms with Gasteiger partial charge in [0.25, 0.3) is 5.84 Å². The van der Waals surface area contributed by atoms with Crippen LogP contribution in [0.1, 0.15) is 0 Å². The predicted molar refractivity (Wildman–Crippen MR) is 96.6 cm³/mol. The highest BCUT2D eigenvalue weighted by Gasteiger charge is 2.22. The topological polar surface area (TPSA) is 116 Å². The number of hydrogen-bond donors (Lipinski definition) is 3. The fourth-order valence-electron chi connectivity index (χ4n) is 1.83. The molecule has 0 atom stereocenters. The van der Waals surface area contributed by atoms with Crippen LogP contribution < -0.4 is 5.01 Å². The number of phenolic OH excluding ortho intramolecular Hbond substituents is 2. The average Bonchev–Trinajstić information content (AvgIpc) is 2.56. The van der Waals surface area contributed by atoms with E-state index >= 15 is 0 Å². The van der Waals surface area contributed by atoms with Gasteiger partial charge in [0, 0.05) is 10.0 Å². The Morgan fingerprint density at radius 2 is 1.40 bits per heavy atom. The first kappa shape index (κ1) is 19.1. The number of benzene rings is 2. The molecule has 0 aromatic heterocycles. The normalized spacial score (nSPS) is 11.1. The van der Waals surface area contributed by atoms with Gasteiger partial charge >= 0.3 is 0 Å². The minimum absolute atomic E-state index is 0.0949. The van der Waals surface area contributed by atoms with Gasteiger partial charge in [0.15, 0.2) is 11.5 Å². The fraction of sp³-hybridized carbons (Fsp3) is 0. The van der Waals surface area contributed by atoms with E-state index in [-0.39, 0.29) is 31.5 Å². The second-order valence-corrected chi connectivity index (χ2v) is 6.16. The summed E-state index contributed by atoms with van der Waals surface area (Å²) in [6.45, 7) is 0. The van der Waals surface area contributed by atoms with Crippen LogP contribution in [0.3, 0.4) is 0 Å². The van der Waals surface area contributed by atoms with Crippen LogP contribution in [0, 0.1) is 16.9 Å². The van der Waals surface area contributed by atoms with E-state index < -0.39 is 17.3 Å². The van der Waals surface area contributed by atoms with E-state index in [1.54, 1.807) is 6.07 Å². The molecule has 0 saturated heterocycles. The number of amidine groups is 1. The van der Waals surface area contributed by atoms with E-state index in [1.165, 1.54) is 24.3 Å². The Labute approximate surface area is 161 Å². The summed E-state index contributed by atoms with van der Waals surface area (Å²) in [4.78, 5) is 0. The van der Waals surface area contributed by atoms with Gasteiger partial charge in [-0.05, 0) is 24.3 Å². The Morgan fingerprint density at radius 1 is 0.960 bits per heavy atom. The molecule has 0 saturated carbocycles. The van der Waals surface area contributed by atoms with Gasteiger partial charge in [-0.25, -0.2) is 10.5 Å². The quantitative estimate of drug-likeness (QED) is 0.256. The minimum Gasteiger partial charge on any atom is -0.504 e. The standard InChI is InChI=1S/C14H7Cl4N5O2/c15-6-1-8(17)13(24)10(3-6)23(22-12(5-19)21-20)11-4-7(16)2-9(18)14(11)25/h1-4,20,24-25H/b21-20?,22-12+. The second-order valence-electron chi connectivity index (χ2n) is 4.47. The third-order valence-corrected chi connectivity index (χ3v) is 3.89. The molecule has 0 heterocycles. The first-order chi connectivity index (χ1) is 11.8. The lowest BCUT2D eigenvalue weighted by Gasteiger charge is -2.22. The Kier molecular flexibility index (Phi) is 5.93. The lowest BCUT2D eigenvalue weighted by molar-refractivity contribution is 0.471. The summed E-state index contributed by atoms with van der Waals surface area (Å²) in [7, 11) is 0. The highest BCUT2D eigenvalue weighted by molar-refractivity contribution is 6.37. The molecule has 0 fully saturated rings. The van der Waals surface area contributed by atoms with Crippen LogP contribution in [0.2, 0.25) is 20.1 Å². The van der Waals surface area contributed by atoms with Crippen LogP contribution in [0.4, 0.5) is 11.4 Å². The van der Waals surface area contributed by atoms with Crippen LogP contribution in [-0.4, -0.2) is 16.0 Å². The highest BCUT2D eigenvalue weighted by Crippen LogP contribution is 2.46. The zero-order chi connectivity index (χ0) is 18.7. The van der Waals surface area contributed by atoms with Crippen LogP contribution in [0.5, 0.6) is 11.5 Å². The summed E-state index contributed by atoms with van der Waals surface area (Å²) in [5.74, 6) is -1.45. The molecule has 2 aromatic rings. The third kappa shape index (κ3) is 4.06. The Bertz CT molecular complexity index is 869. The molecule has 0 aliphatic rings. The summed E-state index contributed by atoms with van der Waals surface area (Å²) in [6.07, 6.45) is 0. The summed E-state index contributed by atoms with van der Waals surface area (Å²) in [6, 6.07) is 6.71. The van der Waals surface area contributed by atoms with Crippen molar-refractivity contribution >= 4 is 63.6 Å². The van der Waals surface area contributed by atoms with Gasteiger partial charge in [-0.3, -0.25) is 0 Å². The molecular formula is C14H7Cl4N5O2. The molecule has 0 bridgehead atoms. The number of hydrogen-bond acceptors (Lipinski definition) is 6. The van der Waals surface area contributed by atoms with Gasteiger partial charge in [-0.15, -0.1) is 10.2 Å². The van der Waals surface area contributed by atoms with E-state index in [9.17, 15) is 10.2 Å². The number of phenols is 2. The zero-order valence-corrected chi connectivity index (χ0v) is 15.0. The van der Waals surface area contributed by atoms with E-state index in [0.717, 1.165) is 5.01 Å². The Hall–Kier alpha value is -2.24.